The second-order valence-electron chi connectivity index (χ2n) is 6.57. The van der Waals surface area contributed by atoms with E-state index >= 15 is 0 Å². The highest BCUT2D eigenvalue weighted by atomic mass is 19.1. The average molecular weight is 362 g/mol. The molecule has 2 aromatic carbocycles. The van der Waals surface area contributed by atoms with Crippen LogP contribution in [0.4, 0.5) is 16.0 Å². The third-order valence-electron chi connectivity index (χ3n) is 4.70. The summed E-state index contributed by atoms with van der Waals surface area (Å²) < 4.78 is 13.7. The Labute approximate surface area is 156 Å². The van der Waals surface area contributed by atoms with Gasteiger partial charge < -0.3 is 10.2 Å². The summed E-state index contributed by atoms with van der Waals surface area (Å²) in [5, 5.41) is 2.72. The molecule has 0 radical (unpaired) electrons. The molecular formula is C21H19FN4O. The van der Waals surface area contributed by atoms with Crippen molar-refractivity contribution in [3.63, 3.8) is 0 Å². The number of nitrogens with one attached hydrogen (secondary N) is 1. The standard InChI is InChI=1S/C21H19FN4O/c1-14-12-15-6-3-5-9-19(15)26(14)21-23-11-10-18(25-21)20(27)24-13-16-7-2-4-8-17(16)22/h2-11,14H,12-13H2,1H3,(H,24,27). The zero-order chi connectivity index (χ0) is 18.8. The van der Waals surface area contributed by atoms with Crippen LogP contribution < -0.4 is 10.2 Å². The van der Waals surface area contributed by atoms with Crippen LogP contribution >= 0.6 is 0 Å². The monoisotopic (exact) mass is 362 g/mol. The van der Waals surface area contributed by atoms with Gasteiger partial charge in [-0.3, -0.25) is 4.79 Å². The second-order valence-corrected chi connectivity index (χ2v) is 6.57. The molecule has 0 saturated carbocycles. The van der Waals surface area contributed by atoms with Gasteiger partial charge in [-0.2, -0.15) is 0 Å². The molecule has 0 bridgehead atoms. The van der Waals surface area contributed by atoms with Gasteiger partial charge in [-0.05, 0) is 37.1 Å². The Kier molecular flexibility index (Phi) is 4.54. The van der Waals surface area contributed by atoms with E-state index in [-0.39, 0.29) is 30.0 Å². The Hall–Kier alpha value is -3.28. The van der Waals surface area contributed by atoms with Gasteiger partial charge in [0.15, 0.2) is 0 Å². The summed E-state index contributed by atoms with van der Waals surface area (Å²) in [7, 11) is 0. The molecule has 0 saturated heterocycles. The molecule has 1 unspecified atom stereocenters. The van der Waals surface area contributed by atoms with Crippen LogP contribution in [0.25, 0.3) is 0 Å². The number of rotatable bonds is 4. The number of para-hydroxylation sites is 1. The van der Waals surface area contributed by atoms with E-state index in [9.17, 15) is 9.18 Å². The number of hydrogen-bond acceptors (Lipinski definition) is 4. The van der Waals surface area contributed by atoms with Crippen molar-refractivity contribution in [2.24, 2.45) is 0 Å². The van der Waals surface area contributed by atoms with E-state index < -0.39 is 0 Å². The van der Waals surface area contributed by atoms with Gasteiger partial charge in [-0.15, -0.1) is 0 Å². The number of carbonyl (C=O) groups excluding carboxylic acids is 1. The van der Waals surface area contributed by atoms with E-state index in [1.807, 2.05) is 23.1 Å². The van der Waals surface area contributed by atoms with Crippen LogP contribution in [0.1, 0.15) is 28.5 Å². The van der Waals surface area contributed by atoms with Crippen molar-refractivity contribution in [3.8, 4) is 0 Å². The molecule has 4 rings (SSSR count). The first-order valence-electron chi connectivity index (χ1n) is 8.85. The number of aromatic nitrogens is 2. The average Bonchev–Trinajstić information content (AvgIpc) is 3.03. The van der Waals surface area contributed by atoms with Crippen LogP contribution in [0.2, 0.25) is 0 Å². The van der Waals surface area contributed by atoms with Crippen molar-refractivity contribution in [2.45, 2.75) is 25.9 Å². The molecule has 1 aromatic heterocycles. The summed E-state index contributed by atoms with van der Waals surface area (Å²) in [6, 6.07) is 16.3. The number of hydrogen-bond donors (Lipinski definition) is 1. The van der Waals surface area contributed by atoms with Crippen molar-refractivity contribution in [1.82, 2.24) is 15.3 Å². The molecule has 27 heavy (non-hydrogen) atoms. The third-order valence-corrected chi connectivity index (χ3v) is 4.70. The third kappa shape index (κ3) is 3.38. The Morgan fingerprint density at radius 2 is 1.96 bits per heavy atom. The van der Waals surface area contributed by atoms with E-state index in [1.165, 1.54) is 11.6 Å². The Balaban J connectivity index is 1.54. The van der Waals surface area contributed by atoms with Crippen LogP contribution in [0, 0.1) is 5.82 Å². The molecule has 1 atom stereocenters. The predicted molar refractivity (Wildman–Crippen MR) is 101 cm³/mol. The molecule has 1 amide bonds. The number of halogens is 1. The minimum Gasteiger partial charge on any atom is -0.347 e. The smallest absolute Gasteiger partial charge is 0.270 e. The van der Waals surface area contributed by atoms with Gasteiger partial charge in [0.05, 0.1) is 0 Å². The van der Waals surface area contributed by atoms with Crippen molar-refractivity contribution in [3.05, 3.63) is 83.4 Å². The van der Waals surface area contributed by atoms with Gasteiger partial charge in [0.25, 0.3) is 5.91 Å². The first-order chi connectivity index (χ1) is 13.1. The molecule has 3 aromatic rings. The first kappa shape index (κ1) is 17.1. The topological polar surface area (TPSA) is 58.1 Å². The predicted octanol–water partition coefficient (Wildman–Crippen LogP) is 3.63. The van der Waals surface area contributed by atoms with Crippen LogP contribution in [-0.4, -0.2) is 21.9 Å². The molecule has 6 heteroatoms. The van der Waals surface area contributed by atoms with Crippen LogP contribution in [0.3, 0.4) is 0 Å². The zero-order valence-corrected chi connectivity index (χ0v) is 14.9. The number of carbonyl (C=O) groups is 1. The SMILES string of the molecule is CC1Cc2ccccc2N1c1nccc(C(=O)NCc2ccccc2F)n1. The summed E-state index contributed by atoms with van der Waals surface area (Å²) in [5.74, 6) is -0.211. The zero-order valence-electron chi connectivity index (χ0n) is 14.9. The molecule has 5 nitrogen and oxygen atoms in total. The highest BCUT2D eigenvalue weighted by Crippen LogP contribution is 2.36. The summed E-state index contributed by atoms with van der Waals surface area (Å²) in [5.41, 5.74) is 2.99. The molecule has 0 spiro atoms. The number of benzene rings is 2. The van der Waals surface area contributed by atoms with Gasteiger partial charge in [-0.1, -0.05) is 36.4 Å². The van der Waals surface area contributed by atoms with Gasteiger partial charge in [0.1, 0.15) is 11.5 Å². The van der Waals surface area contributed by atoms with Gasteiger partial charge >= 0.3 is 0 Å². The molecule has 1 aliphatic rings. The van der Waals surface area contributed by atoms with Crippen molar-refractivity contribution in [1.29, 1.82) is 0 Å². The van der Waals surface area contributed by atoms with E-state index in [0.29, 0.717) is 11.5 Å². The number of fused-ring (bicyclic) bond motifs is 1. The summed E-state index contributed by atoms with van der Waals surface area (Å²) in [6.07, 6.45) is 2.48. The number of nitrogens with zero attached hydrogens (tertiary/aromatic N) is 3. The van der Waals surface area contributed by atoms with Crippen molar-refractivity contribution < 1.29 is 9.18 Å². The molecule has 1 N–H and O–H groups in total. The fraction of sp³-hybridized carbons (Fsp3) is 0.190. The molecule has 0 aliphatic carbocycles. The van der Waals surface area contributed by atoms with Crippen LogP contribution in [-0.2, 0) is 13.0 Å². The van der Waals surface area contributed by atoms with Crippen molar-refractivity contribution in [2.75, 3.05) is 4.90 Å². The highest BCUT2D eigenvalue weighted by molar-refractivity contribution is 5.92. The van der Waals surface area contributed by atoms with E-state index in [1.54, 1.807) is 30.5 Å². The molecule has 2 heterocycles. The lowest BCUT2D eigenvalue weighted by atomic mass is 10.1. The fourth-order valence-corrected chi connectivity index (χ4v) is 3.37. The molecule has 136 valence electrons. The van der Waals surface area contributed by atoms with Gasteiger partial charge in [-0.25, -0.2) is 14.4 Å². The Morgan fingerprint density at radius 3 is 2.81 bits per heavy atom. The number of amides is 1. The lowest BCUT2D eigenvalue weighted by Gasteiger charge is -2.22. The molecular weight excluding hydrogens is 343 g/mol. The minimum atomic E-state index is -0.359. The maximum absolute atomic E-state index is 13.7. The normalized spacial score (nSPS) is 15.5. The van der Waals surface area contributed by atoms with E-state index in [0.717, 1.165) is 12.1 Å². The van der Waals surface area contributed by atoms with E-state index in [4.69, 9.17) is 0 Å². The van der Waals surface area contributed by atoms with Gasteiger partial charge in [0, 0.05) is 30.0 Å². The first-order valence-corrected chi connectivity index (χ1v) is 8.85. The highest BCUT2D eigenvalue weighted by Gasteiger charge is 2.29. The summed E-state index contributed by atoms with van der Waals surface area (Å²) in [4.78, 5) is 23.3. The summed E-state index contributed by atoms with van der Waals surface area (Å²) >= 11 is 0. The number of anilines is 2. The van der Waals surface area contributed by atoms with E-state index in [2.05, 4.69) is 28.3 Å². The molecule has 1 aliphatic heterocycles. The Bertz CT molecular complexity index is 991. The van der Waals surface area contributed by atoms with Crippen LogP contribution in [0.15, 0.2) is 60.8 Å². The maximum Gasteiger partial charge on any atom is 0.270 e. The fourth-order valence-electron chi connectivity index (χ4n) is 3.37. The quantitative estimate of drug-likeness (QED) is 0.770. The maximum atomic E-state index is 13.7. The lowest BCUT2D eigenvalue weighted by Crippen LogP contribution is -2.28. The largest absolute Gasteiger partial charge is 0.347 e. The summed E-state index contributed by atoms with van der Waals surface area (Å²) in [6.45, 7) is 2.21. The van der Waals surface area contributed by atoms with Gasteiger partial charge in [0.2, 0.25) is 5.95 Å². The Morgan fingerprint density at radius 1 is 1.19 bits per heavy atom. The van der Waals surface area contributed by atoms with Crippen LogP contribution in [0.5, 0.6) is 0 Å². The minimum absolute atomic E-state index is 0.105. The lowest BCUT2D eigenvalue weighted by molar-refractivity contribution is 0.0945. The van der Waals surface area contributed by atoms with Crippen molar-refractivity contribution >= 4 is 17.5 Å². The second kappa shape index (κ2) is 7.15. The molecule has 0 fully saturated rings.